The fourth-order valence-corrected chi connectivity index (χ4v) is 2.27. The van der Waals surface area contributed by atoms with Gasteiger partial charge in [0.15, 0.2) is 5.69 Å². The third-order valence-electron chi connectivity index (χ3n) is 3.22. The van der Waals surface area contributed by atoms with Gasteiger partial charge in [0.2, 0.25) is 0 Å². The highest BCUT2D eigenvalue weighted by Gasteiger charge is 2.27. The summed E-state index contributed by atoms with van der Waals surface area (Å²) >= 11 is 0. The van der Waals surface area contributed by atoms with Crippen LogP contribution < -0.4 is 5.32 Å². The monoisotopic (exact) mass is 264 g/mol. The summed E-state index contributed by atoms with van der Waals surface area (Å²) in [5.41, 5.74) is 0.403. The number of nitrogens with one attached hydrogen (secondary N) is 1. The molecule has 1 N–H and O–H groups in total. The second-order valence-corrected chi connectivity index (χ2v) is 4.70. The van der Waals surface area contributed by atoms with Gasteiger partial charge < -0.3 is 15.0 Å². The molecule has 0 spiro atoms. The Morgan fingerprint density at radius 1 is 1.53 bits per heavy atom. The van der Waals surface area contributed by atoms with Crippen molar-refractivity contribution in [2.24, 2.45) is 5.92 Å². The van der Waals surface area contributed by atoms with Crippen LogP contribution in [0.5, 0.6) is 0 Å². The van der Waals surface area contributed by atoms with Gasteiger partial charge >= 0.3 is 0 Å². The average Bonchev–Trinajstić information content (AvgIpc) is 2.88. The van der Waals surface area contributed by atoms with Crippen molar-refractivity contribution < 1.29 is 9.53 Å². The molecular weight excluding hydrogens is 244 g/mol. The number of hydrogen-bond donors (Lipinski definition) is 1. The van der Waals surface area contributed by atoms with Gasteiger partial charge in [0, 0.05) is 32.7 Å². The molecule has 1 aromatic heterocycles. The second kappa shape index (κ2) is 6.47. The number of methoxy groups -OCH3 is 1. The quantitative estimate of drug-likeness (QED) is 0.860. The predicted octanol–water partition coefficient (Wildman–Crippen LogP) is 1.02. The lowest BCUT2D eigenvalue weighted by atomic mass is 10.1. The average molecular weight is 264 g/mol. The summed E-state index contributed by atoms with van der Waals surface area (Å²) in [4.78, 5) is 14.0. The summed E-state index contributed by atoms with van der Waals surface area (Å²) in [6.07, 6.45) is 0.989. The lowest BCUT2D eigenvalue weighted by molar-refractivity contribution is 0.0768. The van der Waals surface area contributed by atoms with E-state index in [9.17, 15) is 4.79 Å². The minimum Gasteiger partial charge on any atom is -0.384 e. The van der Waals surface area contributed by atoms with Gasteiger partial charge in [0.25, 0.3) is 5.91 Å². The number of amides is 1. The van der Waals surface area contributed by atoms with E-state index < -0.39 is 0 Å². The zero-order valence-electron chi connectivity index (χ0n) is 11.4. The molecule has 1 saturated heterocycles. The van der Waals surface area contributed by atoms with Gasteiger partial charge in [0.1, 0.15) is 5.82 Å². The molecule has 1 fully saturated rings. The molecule has 0 aromatic carbocycles. The predicted molar refractivity (Wildman–Crippen MR) is 72.1 cm³/mol. The molecule has 2 heterocycles. The lowest BCUT2D eigenvalue weighted by Gasteiger charge is -2.15. The number of aromatic nitrogens is 2. The number of carbonyl (C=O) groups is 1. The number of ether oxygens (including phenoxy) is 1. The first-order valence-electron chi connectivity index (χ1n) is 6.60. The Kier molecular flexibility index (Phi) is 4.68. The first-order chi connectivity index (χ1) is 9.24. The van der Waals surface area contributed by atoms with Gasteiger partial charge in [-0.15, -0.1) is 10.2 Å². The number of rotatable bonds is 5. The number of nitrogens with zero attached hydrogens (tertiary/aromatic N) is 3. The topological polar surface area (TPSA) is 67.4 Å². The van der Waals surface area contributed by atoms with Gasteiger partial charge in [0.05, 0.1) is 6.61 Å². The van der Waals surface area contributed by atoms with Gasteiger partial charge in [-0.3, -0.25) is 4.79 Å². The Morgan fingerprint density at radius 3 is 3.00 bits per heavy atom. The van der Waals surface area contributed by atoms with E-state index in [-0.39, 0.29) is 5.91 Å². The van der Waals surface area contributed by atoms with Crippen molar-refractivity contribution in [3.63, 3.8) is 0 Å². The van der Waals surface area contributed by atoms with E-state index in [0.29, 0.717) is 24.0 Å². The van der Waals surface area contributed by atoms with Crippen LogP contribution in [0.4, 0.5) is 5.82 Å². The van der Waals surface area contributed by atoms with Crippen molar-refractivity contribution in [1.29, 1.82) is 0 Å². The van der Waals surface area contributed by atoms with Crippen LogP contribution in [-0.4, -0.2) is 54.4 Å². The zero-order chi connectivity index (χ0) is 13.7. The summed E-state index contributed by atoms with van der Waals surface area (Å²) in [6, 6.07) is 3.50. The van der Waals surface area contributed by atoms with E-state index in [1.165, 1.54) is 0 Å². The van der Waals surface area contributed by atoms with E-state index in [0.717, 1.165) is 26.1 Å². The van der Waals surface area contributed by atoms with Crippen LogP contribution in [0.25, 0.3) is 0 Å². The fourth-order valence-electron chi connectivity index (χ4n) is 2.27. The van der Waals surface area contributed by atoms with Crippen molar-refractivity contribution in [3.05, 3.63) is 17.8 Å². The molecule has 1 aliphatic heterocycles. The third-order valence-corrected chi connectivity index (χ3v) is 3.22. The number of hydrogen-bond acceptors (Lipinski definition) is 5. The van der Waals surface area contributed by atoms with E-state index in [4.69, 9.17) is 4.74 Å². The molecule has 0 aliphatic carbocycles. The van der Waals surface area contributed by atoms with Crippen LogP contribution in [0, 0.1) is 5.92 Å². The van der Waals surface area contributed by atoms with Crippen LogP contribution in [0.2, 0.25) is 0 Å². The van der Waals surface area contributed by atoms with Crippen molar-refractivity contribution >= 4 is 11.7 Å². The third kappa shape index (κ3) is 3.41. The molecule has 0 saturated carbocycles. The van der Waals surface area contributed by atoms with E-state index in [2.05, 4.69) is 15.5 Å². The Labute approximate surface area is 113 Å². The van der Waals surface area contributed by atoms with Crippen LogP contribution in [-0.2, 0) is 4.74 Å². The molecule has 1 unspecified atom stereocenters. The maximum atomic E-state index is 12.2. The van der Waals surface area contributed by atoms with Crippen molar-refractivity contribution in [1.82, 2.24) is 15.1 Å². The van der Waals surface area contributed by atoms with Crippen molar-refractivity contribution in [3.8, 4) is 0 Å². The minimum atomic E-state index is -0.0471. The van der Waals surface area contributed by atoms with E-state index in [1.807, 2.05) is 11.8 Å². The molecule has 6 heteroatoms. The van der Waals surface area contributed by atoms with Crippen LogP contribution >= 0.6 is 0 Å². The van der Waals surface area contributed by atoms with Crippen molar-refractivity contribution in [2.45, 2.75) is 13.3 Å². The van der Waals surface area contributed by atoms with Crippen molar-refractivity contribution in [2.75, 3.05) is 38.7 Å². The zero-order valence-corrected chi connectivity index (χ0v) is 11.4. The summed E-state index contributed by atoms with van der Waals surface area (Å²) in [5.74, 6) is 1.08. The highest BCUT2D eigenvalue weighted by Crippen LogP contribution is 2.18. The summed E-state index contributed by atoms with van der Waals surface area (Å²) < 4.78 is 5.13. The highest BCUT2D eigenvalue weighted by molar-refractivity contribution is 5.92. The Hall–Kier alpha value is -1.69. The molecule has 1 aliphatic rings. The summed E-state index contributed by atoms with van der Waals surface area (Å²) in [7, 11) is 1.69. The van der Waals surface area contributed by atoms with Gasteiger partial charge in [-0.1, -0.05) is 0 Å². The van der Waals surface area contributed by atoms with Gasteiger partial charge in [-0.05, 0) is 25.5 Å². The Morgan fingerprint density at radius 2 is 2.37 bits per heavy atom. The lowest BCUT2D eigenvalue weighted by Crippen LogP contribution is -2.30. The van der Waals surface area contributed by atoms with Gasteiger partial charge in [-0.2, -0.15) is 0 Å². The van der Waals surface area contributed by atoms with Crippen LogP contribution in [0.1, 0.15) is 23.8 Å². The number of carbonyl (C=O) groups excluding carboxylic acids is 1. The largest absolute Gasteiger partial charge is 0.384 e. The van der Waals surface area contributed by atoms with E-state index in [1.54, 1.807) is 19.2 Å². The Bertz CT molecular complexity index is 421. The molecule has 2 rings (SSSR count). The van der Waals surface area contributed by atoms with E-state index >= 15 is 0 Å². The smallest absolute Gasteiger partial charge is 0.274 e. The Balaban J connectivity index is 1.96. The number of likely N-dealkylation sites (tertiary alicyclic amines) is 1. The molecule has 0 radical (unpaired) electrons. The molecular formula is C13H20N4O2. The first-order valence-corrected chi connectivity index (χ1v) is 6.60. The minimum absolute atomic E-state index is 0.0471. The first kappa shape index (κ1) is 13.7. The number of anilines is 1. The SMILES string of the molecule is CCNc1ccc(C(=O)N2CCC(COC)C2)nn1. The molecule has 19 heavy (non-hydrogen) atoms. The molecule has 1 aromatic rings. The highest BCUT2D eigenvalue weighted by atomic mass is 16.5. The fraction of sp³-hybridized carbons (Fsp3) is 0.615. The maximum absolute atomic E-state index is 12.2. The standard InChI is InChI=1S/C13H20N4O2/c1-3-14-12-5-4-11(15-16-12)13(18)17-7-6-10(8-17)9-19-2/h4-5,10H,3,6-9H2,1-2H3,(H,14,16). The molecule has 6 nitrogen and oxygen atoms in total. The van der Waals surface area contributed by atoms with Crippen LogP contribution in [0.3, 0.4) is 0 Å². The van der Waals surface area contributed by atoms with Gasteiger partial charge in [-0.25, -0.2) is 0 Å². The summed E-state index contributed by atoms with van der Waals surface area (Å²) in [5, 5.41) is 11.0. The van der Waals surface area contributed by atoms with Crippen LogP contribution in [0.15, 0.2) is 12.1 Å². The molecule has 1 atom stereocenters. The summed E-state index contributed by atoms with van der Waals surface area (Å²) in [6.45, 7) is 4.98. The normalized spacial score (nSPS) is 18.6. The molecule has 0 bridgehead atoms. The molecule has 104 valence electrons. The maximum Gasteiger partial charge on any atom is 0.274 e. The molecule has 1 amide bonds. The second-order valence-electron chi connectivity index (χ2n) is 4.70.